The molecule has 0 aliphatic rings. The summed E-state index contributed by atoms with van der Waals surface area (Å²) in [6.07, 6.45) is 79.0. The third-order valence-corrected chi connectivity index (χ3v) is 15.2. The van der Waals surface area contributed by atoms with Crippen molar-refractivity contribution in [2.45, 2.75) is 366 Å². The number of rotatable bonds is 61. The molecule has 0 aromatic carbocycles. The third-order valence-electron chi connectivity index (χ3n) is 15.2. The van der Waals surface area contributed by atoms with Gasteiger partial charge < -0.3 is 20.3 Å². The predicted molar refractivity (Wildman–Crippen MR) is 319 cm³/mol. The van der Waals surface area contributed by atoms with E-state index in [2.05, 4.69) is 43.5 Å². The highest BCUT2D eigenvalue weighted by molar-refractivity contribution is 5.76. The highest BCUT2D eigenvalue weighted by Gasteiger charge is 2.18. The van der Waals surface area contributed by atoms with Crippen LogP contribution >= 0.6 is 0 Å². The van der Waals surface area contributed by atoms with Gasteiger partial charge in [-0.2, -0.15) is 0 Å². The van der Waals surface area contributed by atoms with E-state index >= 15 is 0 Å². The van der Waals surface area contributed by atoms with Crippen LogP contribution in [-0.4, -0.2) is 47.4 Å². The molecule has 6 nitrogen and oxygen atoms in total. The Morgan fingerprint density at radius 2 is 0.685 bits per heavy atom. The molecule has 6 heteroatoms. The average Bonchev–Trinajstić information content (AvgIpc) is 3.39. The molecule has 0 spiro atoms. The first-order valence-electron chi connectivity index (χ1n) is 32.8. The monoisotopic (exact) mass is 1030 g/mol. The van der Waals surface area contributed by atoms with Crippen LogP contribution in [0.15, 0.2) is 36.5 Å². The summed E-state index contributed by atoms with van der Waals surface area (Å²) in [5, 5.41) is 23.2. The quantitative estimate of drug-likeness (QED) is 0.0320. The minimum Gasteiger partial charge on any atom is -0.466 e. The fraction of sp³-hybridized carbons (Fsp3) is 0.881. The first-order valence-corrected chi connectivity index (χ1v) is 32.8. The van der Waals surface area contributed by atoms with Crippen molar-refractivity contribution in [2.24, 2.45) is 0 Å². The summed E-state index contributed by atoms with van der Waals surface area (Å²) in [4.78, 5) is 24.6. The molecule has 0 heterocycles. The maximum absolute atomic E-state index is 12.5. The lowest BCUT2D eigenvalue weighted by atomic mass is 10.0. The highest BCUT2D eigenvalue weighted by Crippen LogP contribution is 2.18. The van der Waals surface area contributed by atoms with Gasteiger partial charge in [0.15, 0.2) is 0 Å². The molecule has 3 N–H and O–H groups in total. The molecule has 430 valence electrons. The van der Waals surface area contributed by atoms with E-state index in [1.807, 2.05) is 6.08 Å². The van der Waals surface area contributed by atoms with Crippen molar-refractivity contribution >= 4 is 11.9 Å². The second-order valence-corrected chi connectivity index (χ2v) is 22.5. The highest BCUT2D eigenvalue weighted by atomic mass is 16.5. The number of hydrogen-bond donors (Lipinski definition) is 3. The topological polar surface area (TPSA) is 95.9 Å². The van der Waals surface area contributed by atoms with Crippen molar-refractivity contribution in [1.29, 1.82) is 0 Å². The third kappa shape index (κ3) is 59.2. The van der Waals surface area contributed by atoms with Gasteiger partial charge in [0.2, 0.25) is 5.91 Å². The molecule has 0 rings (SSSR count). The van der Waals surface area contributed by atoms with Crippen molar-refractivity contribution in [3.63, 3.8) is 0 Å². The lowest BCUT2D eigenvalue weighted by molar-refractivity contribution is -0.143. The first-order chi connectivity index (χ1) is 36.0. The van der Waals surface area contributed by atoms with Crippen molar-refractivity contribution in [3.05, 3.63) is 36.5 Å². The predicted octanol–water partition coefficient (Wildman–Crippen LogP) is 20.8. The SMILES string of the molecule is CCCCCC/C=C\C/C=C\CCCCCCCC(=O)OCCCCCCCCCCCCCCCCCCC(=O)NC(CO)C(O)/C=C/CCCCCCCCCCCCCCCCCCCCCCCC. The van der Waals surface area contributed by atoms with Crippen LogP contribution < -0.4 is 5.32 Å². The number of aliphatic hydroxyl groups is 2. The van der Waals surface area contributed by atoms with Gasteiger partial charge in [-0.05, 0) is 64.2 Å². The van der Waals surface area contributed by atoms with Crippen LogP contribution in [0.2, 0.25) is 0 Å². The minimum atomic E-state index is -0.851. The summed E-state index contributed by atoms with van der Waals surface area (Å²) in [6, 6.07) is -0.635. The van der Waals surface area contributed by atoms with E-state index in [0.717, 1.165) is 57.8 Å². The van der Waals surface area contributed by atoms with E-state index in [0.29, 0.717) is 19.4 Å². The summed E-state index contributed by atoms with van der Waals surface area (Å²) < 4.78 is 5.48. The van der Waals surface area contributed by atoms with Gasteiger partial charge in [-0.25, -0.2) is 0 Å². The zero-order chi connectivity index (χ0) is 52.9. The summed E-state index contributed by atoms with van der Waals surface area (Å²) in [5.41, 5.74) is 0. The smallest absolute Gasteiger partial charge is 0.305 e. The standard InChI is InChI=1S/C67H127NO5/c1-3-5-7-9-11-13-15-17-19-21-22-23-24-25-26-27-28-31-35-39-43-47-51-55-59-65(70)64(63-69)68-66(71)60-56-52-48-44-40-36-32-29-30-34-38-42-46-50-54-58-62-73-67(72)61-57-53-49-45-41-37-33-20-18-16-14-12-10-8-6-4-2/h14,16,20,33,55,59,64-65,69-70H,3-13,15,17-19,21-32,34-54,56-58,60-63H2,1-2H3,(H,68,71)/b16-14-,33-20-,59-55+. The fourth-order valence-electron chi connectivity index (χ4n) is 10.1. The Labute approximate surface area is 455 Å². The minimum absolute atomic E-state index is 0.0107. The van der Waals surface area contributed by atoms with Gasteiger partial charge in [0.25, 0.3) is 0 Å². The molecule has 0 fully saturated rings. The summed E-state index contributed by atoms with van der Waals surface area (Å²) in [6.45, 7) is 4.89. The molecule has 0 aliphatic carbocycles. The second kappa shape index (κ2) is 62.6. The molecule has 73 heavy (non-hydrogen) atoms. The number of carbonyl (C=O) groups is 2. The molecule has 0 saturated heterocycles. The molecule has 0 aliphatic heterocycles. The number of ether oxygens (including phenoxy) is 1. The van der Waals surface area contributed by atoms with E-state index in [4.69, 9.17) is 4.74 Å². The molecule has 2 unspecified atom stereocenters. The van der Waals surface area contributed by atoms with Crippen molar-refractivity contribution in [2.75, 3.05) is 13.2 Å². The zero-order valence-corrected chi connectivity index (χ0v) is 49.1. The van der Waals surface area contributed by atoms with Gasteiger partial charge in [-0.15, -0.1) is 0 Å². The van der Waals surface area contributed by atoms with Crippen LogP contribution in [0, 0.1) is 0 Å². The van der Waals surface area contributed by atoms with E-state index < -0.39 is 12.1 Å². The van der Waals surface area contributed by atoms with E-state index in [9.17, 15) is 19.8 Å². The van der Waals surface area contributed by atoms with Gasteiger partial charge in [0.1, 0.15) is 0 Å². The molecule has 0 aromatic rings. The molecule has 0 aromatic heterocycles. The Balaban J connectivity index is 3.46. The van der Waals surface area contributed by atoms with Gasteiger partial charge in [0.05, 0.1) is 25.4 Å². The van der Waals surface area contributed by atoms with E-state index in [1.165, 1.54) is 270 Å². The van der Waals surface area contributed by atoms with E-state index in [-0.39, 0.29) is 18.5 Å². The van der Waals surface area contributed by atoms with Crippen LogP contribution in [0.5, 0.6) is 0 Å². The van der Waals surface area contributed by atoms with Crippen LogP contribution in [0.25, 0.3) is 0 Å². The van der Waals surface area contributed by atoms with Crippen LogP contribution in [0.3, 0.4) is 0 Å². The summed E-state index contributed by atoms with van der Waals surface area (Å²) in [5.74, 6) is -0.0827. The largest absolute Gasteiger partial charge is 0.466 e. The Bertz CT molecular complexity index is 1180. The average molecular weight is 1030 g/mol. The van der Waals surface area contributed by atoms with Gasteiger partial charge in [0, 0.05) is 12.8 Å². The lowest BCUT2D eigenvalue weighted by Crippen LogP contribution is -2.45. The Kier molecular flexibility index (Phi) is 61.0. The molecule has 0 radical (unpaired) electrons. The second-order valence-electron chi connectivity index (χ2n) is 22.5. The number of carbonyl (C=O) groups excluding carboxylic acids is 2. The number of aliphatic hydroxyl groups excluding tert-OH is 2. The maximum atomic E-state index is 12.5. The number of hydrogen-bond acceptors (Lipinski definition) is 5. The number of amides is 1. The Morgan fingerprint density at radius 1 is 0.384 bits per heavy atom. The maximum Gasteiger partial charge on any atom is 0.305 e. The Morgan fingerprint density at radius 3 is 1.05 bits per heavy atom. The fourth-order valence-corrected chi connectivity index (χ4v) is 10.1. The zero-order valence-electron chi connectivity index (χ0n) is 49.1. The first kappa shape index (κ1) is 71.1. The molecule has 0 bridgehead atoms. The Hall–Kier alpha value is -1.92. The van der Waals surface area contributed by atoms with Gasteiger partial charge in [-0.3, -0.25) is 9.59 Å². The summed E-state index contributed by atoms with van der Waals surface area (Å²) in [7, 11) is 0. The lowest BCUT2D eigenvalue weighted by Gasteiger charge is -2.20. The number of allylic oxidation sites excluding steroid dienone is 5. The number of nitrogens with one attached hydrogen (secondary N) is 1. The number of unbranched alkanes of at least 4 members (excludes halogenated alkanes) is 46. The molecule has 1 amide bonds. The van der Waals surface area contributed by atoms with E-state index in [1.54, 1.807) is 6.08 Å². The molecular formula is C67H127NO5. The van der Waals surface area contributed by atoms with Crippen molar-refractivity contribution in [1.82, 2.24) is 5.32 Å². The van der Waals surface area contributed by atoms with Gasteiger partial charge >= 0.3 is 5.97 Å². The molecule has 0 saturated carbocycles. The van der Waals surface area contributed by atoms with Crippen LogP contribution in [-0.2, 0) is 14.3 Å². The summed E-state index contributed by atoms with van der Waals surface area (Å²) >= 11 is 0. The molecular weight excluding hydrogens is 899 g/mol. The van der Waals surface area contributed by atoms with Crippen molar-refractivity contribution < 1.29 is 24.5 Å². The normalized spacial score (nSPS) is 12.8. The number of esters is 1. The van der Waals surface area contributed by atoms with Gasteiger partial charge in [-0.1, -0.05) is 314 Å². The molecule has 2 atom stereocenters. The van der Waals surface area contributed by atoms with Crippen LogP contribution in [0.4, 0.5) is 0 Å². The van der Waals surface area contributed by atoms with Crippen LogP contribution in [0.1, 0.15) is 354 Å². The van der Waals surface area contributed by atoms with Crippen molar-refractivity contribution in [3.8, 4) is 0 Å².